The molecular weight excluding hydrogens is 270 g/mol. The number of carbonyl (C=O) groups is 1. The Morgan fingerprint density at radius 1 is 1.14 bits per heavy atom. The quantitative estimate of drug-likeness (QED) is 0.813. The molecule has 2 heterocycles. The third-order valence-corrected chi connectivity index (χ3v) is 2.79. The standard InChI is InChI=1S/C15H17N3O3/c1-16-8-12-5-6-14(9-18-12)21-10-13-4-3-11(7-17-13)15(19)20-2/h3-7,9,16H,8,10H2,1-2H3. The lowest BCUT2D eigenvalue weighted by Gasteiger charge is -2.06. The summed E-state index contributed by atoms with van der Waals surface area (Å²) in [5.41, 5.74) is 2.09. The van der Waals surface area contributed by atoms with Crippen LogP contribution in [0.15, 0.2) is 36.7 Å². The van der Waals surface area contributed by atoms with Crippen molar-refractivity contribution in [1.82, 2.24) is 15.3 Å². The maximum atomic E-state index is 11.3. The van der Waals surface area contributed by atoms with Gasteiger partial charge in [0.2, 0.25) is 0 Å². The minimum Gasteiger partial charge on any atom is -0.486 e. The smallest absolute Gasteiger partial charge is 0.339 e. The lowest BCUT2D eigenvalue weighted by molar-refractivity contribution is 0.0600. The molecule has 0 bridgehead atoms. The Bertz CT molecular complexity index is 582. The molecule has 0 saturated carbocycles. The Labute approximate surface area is 123 Å². The van der Waals surface area contributed by atoms with E-state index >= 15 is 0 Å². The van der Waals surface area contributed by atoms with Gasteiger partial charge in [-0.3, -0.25) is 9.97 Å². The summed E-state index contributed by atoms with van der Waals surface area (Å²) in [6.07, 6.45) is 3.15. The Morgan fingerprint density at radius 3 is 2.48 bits per heavy atom. The van der Waals surface area contributed by atoms with Crippen LogP contribution >= 0.6 is 0 Å². The zero-order valence-electron chi connectivity index (χ0n) is 12.0. The first-order valence-electron chi connectivity index (χ1n) is 6.48. The fourth-order valence-electron chi connectivity index (χ4n) is 1.69. The van der Waals surface area contributed by atoms with Crippen LogP contribution in [0.1, 0.15) is 21.7 Å². The van der Waals surface area contributed by atoms with E-state index in [9.17, 15) is 4.79 Å². The minimum absolute atomic E-state index is 0.314. The number of hydrogen-bond donors (Lipinski definition) is 1. The van der Waals surface area contributed by atoms with E-state index in [1.54, 1.807) is 18.3 Å². The molecule has 6 nitrogen and oxygen atoms in total. The molecular formula is C15H17N3O3. The van der Waals surface area contributed by atoms with Crippen molar-refractivity contribution in [3.8, 4) is 5.75 Å². The molecule has 2 aromatic heterocycles. The van der Waals surface area contributed by atoms with Crippen LogP contribution in [0.5, 0.6) is 5.75 Å². The van der Waals surface area contributed by atoms with Crippen LogP contribution in [-0.4, -0.2) is 30.1 Å². The third-order valence-electron chi connectivity index (χ3n) is 2.79. The van der Waals surface area contributed by atoms with Gasteiger partial charge in [-0.1, -0.05) is 0 Å². The highest BCUT2D eigenvalue weighted by Crippen LogP contribution is 2.11. The molecule has 110 valence electrons. The first-order chi connectivity index (χ1) is 10.2. The third kappa shape index (κ3) is 4.25. The molecule has 0 aliphatic rings. The number of aromatic nitrogens is 2. The highest BCUT2D eigenvalue weighted by Gasteiger charge is 2.05. The number of pyridine rings is 2. The van der Waals surface area contributed by atoms with E-state index in [1.165, 1.54) is 13.3 Å². The number of esters is 1. The molecule has 0 aliphatic carbocycles. The topological polar surface area (TPSA) is 73.3 Å². The van der Waals surface area contributed by atoms with Crippen molar-refractivity contribution < 1.29 is 14.3 Å². The molecule has 6 heteroatoms. The molecule has 0 fully saturated rings. The van der Waals surface area contributed by atoms with Gasteiger partial charge in [0.15, 0.2) is 0 Å². The first kappa shape index (κ1) is 14.9. The monoisotopic (exact) mass is 287 g/mol. The van der Waals surface area contributed by atoms with E-state index in [-0.39, 0.29) is 0 Å². The molecule has 0 saturated heterocycles. The number of carbonyl (C=O) groups excluding carboxylic acids is 1. The largest absolute Gasteiger partial charge is 0.486 e. The molecule has 0 unspecified atom stereocenters. The lowest BCUT2D eigenvalue weighted by Crippen LogP contribution is -2.07. The second-order valence-corrected chi connectivity index (χ2v) is 4.33. The van der Waals surface area contributed by atoms with Gasteiger partial charge in [-0.15, -0.1) is 0 Å². The number of ether oxygens (including phenoxy) is 2. The van der Waals surface area contributed by atoms with Crippen molar-refractivity contribution in [2.45, 2.75) is 13.2 Å². The Kier molecular flexibility index (Phi) is 5.22. The predicted octanol–water partition coefficient (Wildman–Crippen LogP) is 1.56. The molecule has 0 atom stereocenters. The van der Waals surface area contributed by atoms with Crippen LogP contribution in [0.3, 0.4) is 0 Å². The Hall–Kier alpha value is -2.47. The van der Waals surface area contributed by atoms with Gasteiger partial charge in [0.25, 0.3) is 0 Å². The van der Waals surface area contributed by atoms with Gasteiger partial charge in [0.1, 0.15) is 12.4 Å². The summed E-state index contributed by atoms with van der Waals surface area (Å²) in [6, 6.07) is 7.16. The summed E-state index contributed by atoms with van der Waals surface area (Å²) in [5.74, 6) is 0.271. The van der Waals surface area contributed by atoms with E-state index in [1.807, 2.05) is 19.2 Å². The second kappa shape index (κ2) is 7.35. The molecule has 0 aromatic carbocycles. The van der Waals surface area contributed by atoms with Crippen LogP contribution in [0.2, 0.25) is 0 Å². The van der Waals surface area contributed by atoms with E-state index in [4.69, 9.17) is 4.74 Å². The highest BCUT2D eigenvalue weighted by atomic mass is 16.5. The zero-order valence-corrected chi connectivity index (χ0v) is 12.0. The van der Waals surface area contributed by atoms with Gasteiger partial charge in [0, 0.05) is 12.7 Å². The number of hydrogen-bond acceptors (Lipinski definition) is 6. The summed E-state index contributed by atoms with van der Waals surface area (Å²) in [6.45, 7) is 1.03. The van der Waals surface area contributed by atoms with Crippen molar-refractivity contribution in [1.29, 1.82) is 0 Å². The summed E-state index contributed by atoms with van der Waals surface area (Å²) < 4.78 is 10.2. The fraction of sp³-hybridized carbons (Fsp3) is 0.267. The maximum Gasteiger partial charge on any atom is 0.339 e. The number of rotatable bonds is 6. The van der Waals surface area contributed by atoms with Crippen molar-refractivity contribution in [3.05, 3.63) is 53.6 Å². The van der Waals surface area contributed by atoms with Gasteiger partial charge >= 0.3 is 5.97 Å². The average Bonchev–Trinajstić information content (AvgIpc) is 2.54. The van der Waals surface area contributed by atoms with Crippen molar-refractivity contribution in [2.24, 2.45) is 0 Å². The summed E-state index contributed by atoms with van der Waals surface area (Å²) in [7, 11) is 3.21. The van der Waals surface area contributed by atoms with E-state index in [2.05, 4.69) is 20.0 Å². The average molecular weight is 287 g/mol. The molecule has 2 rings (SSSR count). The van der Waals surface area contributed by atoms with Gasteiger partial charge in [-0.25, -0.2) is 4.79 Å². The fourth-order valence-corrected chi connectivity index (χ4v) is 1.69. The number of nitrogens with zero attached hydrogens (tertiary/aromatic N) is 2. The molecule has 0 radical (unpaired) electrons. The SMILES string of the molecule is CNCc1ccc(OCc2ccc(C(=O)OC)cn2)cn1. The van der Waals surface area contributed by atoms with Crippen LogP contribution < -0.4 is 10.1 Å². The predicted molar refractivity (Wildman–Crippen MR) is 76.9 cm³/mol. The normalized spacial score (nSPS) is 10.2. The molecule has 21 heavy (non-hydrogen) atoms. The lowest BCUT2D eigenvalue weighted by atomic mass is 10.2. The molecule has 2 aromatic rings. The van der Waals surface area contributed by atoms with Crippen molar-refractivity contribution in [2.75, 3.05) is 14.2 Å². The van der Waals surface area contributed by atoms with Crippen LogP contribution in [0.4, 0.5) is 0 Å². The van der Waals surface area contributed by atoms with Gasteiger partial charge in [-0.05, 0) is 31.3 Å². The molecule has 1 N–H and O–H groups in total. The molecule has 0 aliphatic heterocycles. The van der Waals surface area contributed by atoms with Crippen LogP contribution in [0, 0.1) is 0 Å². The summed E-state index contributed by atoms with van der Waals surface area (Å²) in [4.78, 5) is 19.7. The first-order valence-corrected chi connectivity index (χ1v) is 6.48. The zero-order chi connectivity index (χ0) is 15.1. The highest BCUT2D eigenvalue weighted by molar-refractivity contribution is 5.88. The van der Waals surface area contributed by atoms with Crippen molar-refractivity contribution in [3.63, 3.8) is 0 Å². The summed E-state index contributed by atoms with van der Waals surface area (Å²) in [5, 5.41) is 3.03. The minimum atomic E-state index is -0.403. The summed E-state index contributed by atoms with van der Waals surface area (Å²) >= 11 is 0. The Balaban J connectivity index is 1.91. The van der Waals surface area contributed by atoms with Gasteiger partial charge < -0.3 is 14.8 Å². The second-order valence-electron chi connectivity index (χ2n) is 4.33. The number of methoxy groups -OCH3 is 1. The molecule has 0 spiro atoms. The van der Waals surface area contributed by atoms with E-state index < -0.39 is 5.97 Å². The van der Waals surface area contributed by atoms with Gasteiger partial charge in [0.05, 0.1) is 30.3 Å². The van der Waals surface area contributed by atoms with Crippen LogP contribution in [-0.2, 0) is 17.9 Å². The molecule has 0 amide bonds. The van der Waals surface area contributed by atoms with Gasteiger partial charge in [-0.2, -0.15) is 0 Å². The van der Waals surface area contributed by atoms with Crippen molar-refractivity contribution >= 4 is 5.97 Å². The maximum absolute atomic E-state index is 11.3. The Morgan fingerprint density at radius 2 is 1.90 bits per heavy atom. The van der Waals surface area contributed by atoms with Crippen LogP contribution in [0.25, 0.3) is 0 Å². The number of nitrogens with one attached hydrogen (secondary N) is 1. The van der Waals surface area contributed by atoms with E-state index in [0.29, 0.717) is 17.9 Å². The van der Waals surface area contributed by atoms with E-state index in [0.717, 1.165) is 17.9 Å².